The van der Waals surface area contributed by atoms with E-state index in [2.05, 4.69) is 9.97 Å². The number of amides is 1. The van der Waals surface area contributed by atoms with Gasteiger partial charge in [-0.1, -0.05) is 30.3 Å². The Bertz CT molecular complexity index is 1500. The van der Waals surface area contributed by atoms with Crippen LogP contribution in [0.25, 0.3) is 22.4 Å². The molecule has 0 saturated carbocycles. The number of oxazole rings is 1. The molecule has 3 heterocycles. The van der Waals surface area contributed by atoms with Crippen LogP contribution in [-0.4, -0.2) is 51.7 Å². The minimum absolute atomic E-state index is 0.0149. The summed E-state index contributed by atoms with van der Waals surface area (Å²) in [6, 6.07) is 14.9. The average Bonchev–Trinajstić information content (AvgIpc) is 3.36. The van der Waals surface area contributed by atoms with Crippen LogP contribution >= 0.6 is 0 Å². The molecule has 39 heavy (non-hydrogen) atoms. The van der Waals surface area contributed by atoms with Gasteiger partial charge in [0.05, 0.1) is 19.3 Å². The minimum atomic E-state index is -4.63. The Morgan fingerprint density at radius 3 is 2.46 bits per heavy atom. The largest absolute Gasteiger partial charge is 0.494 e. The number of piperidine rings is 1. The molecule has 0 aliphatic carbocycles. The highest BCUT2D eigenvalue weighted by atomic mass is 19.4. The van der Waals surface area contributed by atoms with Gasteiger partial charge in [0.15, 0.2) is 11.5 Å². The number of rotatable bonds is 6. The molecular formula is C28H27F3N4O4. The highest BCUT2D eigenvalue weighted by Crippen LogP contribution is 2.37. The van der Waals surface area contributed by atoms with Crippen molar-refractivity contribution < 1.29 is 32.2 Å². The maximum absolute atomic E-state index is 13.4. The van der Waals surface area contributed by atoms with E-state index in [4.69, 9.17) is 14.9 Å². The van der Waals surface area contributed by atoms with Crippen molar-refractivity contribution in [2.45, 2.75) is 37.6 Å². The fraction of sp³-hybridized carbons (Fsp3) is 0.321. The minimum Gasteiger partial charge on any atom is -0.494 e. The van der Waals surface area contributed by atoms with E-state index in [1.54, 1.807) is 11.0 Å². The lowest BCUT2D eigenvalue weighted by atomic mass is 9.85. The highest BCUT2D eigenvalue weighted by molar-refractivity contribution is 5.98. The van der Waals surface area contributed by atoms with Gasteiger partial charge in [-0.25, -0.2) is 9.97 Å². The molecule has 1 saturated heterocycles. The lowest BCUT2D eigenvalue weighted by Crippen LogP contribution is -2.48. The molecule has 0 bridgehead atoms. The van der Waals surface area contributed by atoms with Crippen LogP contribution in [0, 0.1) is 0 Å². The molecule has 1 amide bonds. The van der Waals surface area contributed by atoms with Crippen LogP contribution in [0.5, 0.6) is 5.75 Å². The highest BCUT2D eigenvalue weighted by Gasteiger charge is 2.36. The second-order valence-corrected chi connectivity index (χ2v) is 9.58. The number of carbonyl (C=O) groups is 1. The van der Waals surface area contributed by atoms with Gasteiger partial charge in [0.1, 0.15) is 17.0 Å². The molecule has 0 spiro atoms. The topological polar surface area (TPSA) is 115 Å². The van der Waals surface area contributed by atoms with Crippen LogP contribution in [-0.2, 0) is 19.1 Å². The fourth-order valence-corrected chi connectivity index (χ4v) is 4.90. The van der Waals surface area contributed by atoms with Gasteiger partial charge in [-0.2, -0.15) is 13.2 Å². The van der Waals surface area contributed by atoms with Gasteiger partial charge in [-0.15, -0.1) is 0 Å². The molecule has 2 aromatic heterocycles. The quantitative estimate of drug-likeness (QED) is 0.368. The molecule has 1 fully saturated rings. The van der Waals surface area contributed by atoms with Crippen LogP contribution in [0.2, 0.25) is 0 Å². The molecular weight excluding hydrogens is 513 g/mol. The van der Waals surface area contributed by atoms with Crippen molar-refractivity contribution in [1.29, 1.82) is 0 Å². The number of aromatic nitrogens is 2. The molecule has 204 valence electrons. The van der Waals surface area contributed by atoms with E-state index in [0.29, 0.717) is 43.3 Å². The van der Waals surface area contributed by atoms with Gasteiger partial charge in [-0.3, -0.25) is 4.79 Å². The lowest BCUT2D eigenvalue weighted by Gasteiger charge is -2.38. The normalized spacial score (nSPS) is 15.5. The van der Waals surface area contributed by atoms with E-state index in [1.807, 2.05) is 30.3 Å². The number of ether oxygens (including phenoxy) is 1. The first-order chi connectivity index (χ1) is 18.6. The average molecular weight is 541 g/mol. The SMILES string of the molecule is COc1ccc(-c2nc(C(=O)N3CCC(O)(Cc4ccccc4)CC3)c(CN)o2)c2ccc(C(F)(F)F)nc12. The zero-order valence-electron chi connectivity index (χ0n) is 21.2. The maximum atomic E-state index is 13.4. The Kier molecular flexibility index (Phi) is 7.04. The smallest absolute Gasteiger partial charge is 0.433 e. The number of aliphatic hydroxyl groups is 1. The van der Waals surface area contributed by atoms with Crippen LogP contribution in [0.1, 0.15) is 40.3 Å². The van der Waals surface area contributed by atoms with Crippen molar-refractivity contribution in [1.82, 2.24) is 14.9 Å². The number of carbonyl (C=O) groups excluding carboxylic acids is 1. The maximum Gasteiger partial charge on any atom is 0.433 e. The summed E-state index contributed by atoms with van der Waals surface area (Å²) in [6.45, 7) is 0.540. The Labute approximate surface area is 222 Å². The summed E-state index contributed by atoms with van der Waals surface area (Å²) in [6.07, 6.45) is -3.35. The third-order valence-corrected chi connectivity index (χ3v) is 7.00. The number of hydrogen-bond donors (Lipinski definition) is 2. The van der Waals surface area contributed by atoms with Crippen molar-refractivity contribution in [3.63, 3.8) is 0 Å². The summed E-state index contributed by atoms with van der Waals surface area (Å²) in [5.41, 5.74) is 5.26. The second kappa shape index (κ2) is 10.3. The zero-order valence-corrected chi connectivity index (χ0v) is 21.2. The number of halogens is 3. The predicted octanol–water partition coefficient (Wildman–Crippen LogP) is 4.59. The Balaban J connectivity index is 1.42. The van der Waals surface area contributed by atoms with Gasteiger partial charge < -0.3 is 24.9 Å². The Hall–Kier alpha value is -3.96. The summed E-state index contributed by atoms with van der Waals surface area (Å²) < 4.78 is 50.9. The second-order valence-electron chi connectivity index (χ2n) is 9.58. The van der Waals surface area contributed by atoms with Crippen molar-refractivity contribution >= 4 is 16.8 Å². The Morgan fingerprint density at radius 1 is 1.10 bits per heavy atom. The molecule has 5 rings (SSSR count). The Morgan fingerprint density at radius 2 is 1.82 bits per heavy atom. The molecule has 4 aromatic rings. The summed E-state index contributed by atoms with van der Waals surface area (Å²) in [5.74, 6) is -0.0462. The van der Waals surface area contributed by atoms with Crippen molar-refractivity contribution in [3.05, 3.63) is 77.3 Å². The van der Waals surface area contributed by atoms with Gasteiger partial charge in [0, 0.05) is 30.5 Å². The number of likely N-dealkylation sites (tertiary alicyclic amines) is 1. The van der Waals surface area contributed by atoms with Crippen molar-refractivity contribution in [2.24, 2.45) is 5.73 Å². The third-order valence-electron chi connectivity index (χ3n) is 7.00. The number of benzene rings is 2. The van der Waals surface area contributed by atoms with E-state index in [-0.39, 0.29) is 41.1 Å². The molecule has 3 N–H and O–H groups in total. The van der Waals surface area contributed by atoms with Gasteiger partial charge in [-0.05, 0) is 42.7 Å². The van der Waals surface area contributed by atoms with Crippen LogP contribution < -0.4 is 10.5 Å². The van der Waals surface area contributed by atoms with E-state index >= 15 is 0 Å². The first-order valence-electron chi connectivity index (χ1n) is 12.4. The molecule has 8 nitrogen and oxygen atoms in total. The molecule has 0 radical (unpaired) electrons. The van der Waals surface area contributed by atoms with Crippen molar-refractivity contribution in [2.75, 3.05) is 20.2 Å². The molecule has 0 unspecified atom stereocenters. The number of nitrogens with zero attached hydrogens (tertiary/aromatic N) is 3. The van der Waals surface area contributed by atoms with E-state index in [1.165, 1.54) is 19.2 Å². The number of fused-ring (bicyclic) bond motifs is 1. The number of alkyl halides is 3. The zero-order chi connectivity index (χ0) is 27.8. The molecule has 1 aliphatic rings. The van der Waals surface area contributed by atoms with Crippen molar-refractivity contribution in [3.8, 4) is 17.2 Å². The first-order valence-corrected chi connectivity index (χ1v) is 12.4. The number of methoxy groups -OCH3 is 1. The monoisotopic (exact) mass is 540 g/mol. The predicted molar refractivity (Wildman–Crippen MR) is 137 cm³/mol. The number of pyridine rings is 1. The number of nitrogens with two attached hydrogens (primary N) is 1. The van der Waals surface area contributed by atoms with Crippen LogP contribution in [0.15, 0.2) is 59.0 Å². The van der Waals surface area contributed by atoms with Gasteiger partial charge >= 0.3 is 6.18 Å². The van der Waals surface area contributed by atoms with Gasteiger partial charge in [0.25, 0.3) is 5.91 Å². The van der Waals surface area contributed by atoms with Crippen LogP contribution in [0.4, 0.5) is 13.2 Å². The third kappa shape index (κ3) is 5.32. The summed E-state index contributed by atoms with van der Waals surface area (Å²) in [5, 5.41) is 11.4. The summed E-state index contributed by atoms with van der Waals surface area (Å²) in [4.78, 5) is 23.2. The van der Waals surface area contributed by atoms with E-state index in [9.17, 15) is 23.1 Å². The molecule has 11 heteroatoms. The number of hydrogen-bond acceptors (Lipinski definition) is 7. The molecule has 2 aromatic carbocycles. The summed E-state index contributed by atoms with van der Waals surface area (Å²) in [7, 11) is 1.34. The standard InChI is InChI=1S/C28H27F3N4O4/c1-38-20-9-7-19(18-8-10-22(28(29,30)31)33-23(18)20)25-34-24(21(16-32)39-25)26(36)35-13-11-27(37,12-14-35)15-17-5-3-2-4-6-17/h2-10,37H,11-16,32H2,1H3. The van der Waals surface area contributed by atoms with Crippen LogP contribution in [0.3, 0.4) is 0 Å². The molecule has 1 aliphatic heterocycles. The summed E-state index contributed by atoms with van der Waals surface area (Å²) >= 11 is 0. The lowest BCUT2D eigenvalue weighted by molar-refractivity contribution is -0.140. The van der Waals surface area contributed by atoms with E-state index in [0.717, 1.165) is 11.6 Å². The van der Waals surface area contributed by atoms with Gasteiger partial charge in [0.2, 0.25) is 5.89 Å². The fourth-order valence-electron chi connectivity index (χ4n) is 4.90. The first kappa shape index (κ1) is 26.6. The molecule has 0 atom stereocenters. The van der Waals surface area contributed by atoms with E-state index < -0.39 is 17.5 Å².